The van der Waals surface area contributed by atoms with Gasteiger partial charge in [-0.05, 0) is 49.4 Å². The van der Waals surface area contributed by atoms with Gasteiger partial charge in [-0.25, -0.2) is 0 Å². The average Bonchev–Trinajstić information content (AvgIpc) is 3.29. The Morgan fingerprint density at radius 1 is 1.38 bits per heavy atom. The lowest BCUT2D eigenvalue weighted by atomic mass is 9.96. The molecule has 1 unspecified atom stereocenters. The zero-order valence-corrected chi connectivity index (χ0v) is 12.9. The van der Waals surface area contributed by atoms with E-state index in [0.717, 1.165) is 31.0 Å². The first-order valence-electron chi connectivity index (χ1n) is 7.69. The summed E-state index contributed by atoms with van der Waals surface area (Å²) in [6.07, 6.45) is 4.44. The molecule has 5 heteroatoms. The summed E-state index contributed by atoms with van der Waals surface area (Å²) in [5, 5.41) is 4.30. The minimum absolute atomic E-state index is 0.0429. The molecule has 1 heterocycles. The van der Waals surface area contributed by atoms with Gasteiger partial charge in [0.1, 0.15) is 0 Å². The fourth-order valence-electron chi connectivity index (χ4n) is 2.97. The number of amides is 1. The summed E-state index contributed by atoms with van der Waals surface area (Å²) in [7, 11) is 0. The number of rotatable bonds is 5. The van der Waals surface area contributed by atoms with Gasteiger partial charge in [-0.2, -0.15) is 0 Å². The fraction of sp³-hybridized carbons (Fsp3) is 0.562. The number of piperidine rings is 1. The molecule has 21 heavy (non-hydrogen) atoms. The molecule has 1 aromatic carbocycles. The maximum atomic E-state index is 11.5. The molecule has 1 aliphatic heterocycles. The van der Waals surface area contributed by atoms with E-state index in [1.54, 1.807) is 0 Å². The summed E-state index contributed by atoms with van der Waals surface area (Å²) >= 11 is 6.15. The van der Waals surface area contributed by atoms with Gasteiger partial charge in [0, 0.05) is 36.4 Å². The molecule has 0 radical (unpaired) electrons. The molecule has 1 aliphatic carbocycles. The van der Waals surface area contributed by atoms with E-state index in [2.05, 4.69) is 16.3 Å². The van der Waals surface area contributed by atoms with Crippen LogP contribution >= 0.6 is 11.6 Å². The number of nitrogens with one attached hydrogen (secondary N) is 1. The van der Waals surface area contributed by atoms with Gasteiger partial charge in [0.25, 0.3) is 0 Å². The number of anilines is 1. The monoisotopic (exact) mass is 307 g/mol. The van der Waals surface area contributed by atoms with Crippen LogP contribution in [0, 0.1) is 5.92 Å². The molecular formula is C16H22ClN3O. The van der Waals surface area contributed by atoms with Gasteiger partial charge < -0.3 is 16.0 Å². The highest BCUT2D eigenvalue weighted by atomic mass is 35.5. The molecule has 1 atom stereocenters. The van der Waals surface area contributed by atoms with Crippen LogP contribution in [0.4, 0.5) is 5.69 Å². The Labute approximate surface area is 130 Å². The van der Waals surface area contributed by atoms with E-state index in [1.165, 1.54) is 24.1 Å². The number of nitrogens with two attached hydrogens (primary N) is 1. The molecule has 0 bridgehead atoms. The highest BCUT2D eigenvalue weighted by Crippen LogP contribution is 2.29. The van der Waals surface area contributed by atoms with Crippen LogP contribution in [0.25, 0.3) is 0 Å². The highest BCUT2D eigenvalue weighted by Gasteiger charge is 2.26. The van der Waals surface area contributed by atoms with E-state index in [0.29, 0.717) is 12.6 Å². The maximum Gasteiger partial charge on any atom is 0.222 e. The SMILES string of the molecule is NC(=O)C1CCCN(c2ccc(Cl)cc2CNC2CC2)C1. The van der Waals surface area contributed by atoms with Crippen LogP contribution in [0.2, 0.25) is 5.02 Å². The summed E-state index contributed by atoms with van der Waals surface area (Å²) in [5.74, 6) is -0.231. The third-order valence-electron chi connectivity index (χ3n) is 4.36. The molecule has 1 amide bonds. The fourth-order valence-corrected chi connectivity index (χ4v) is 3.17. The predicted octanol–water partition coefficient (Wildman–Crippen LogP) is 2.29. The third-order valence-corrected chi connectivity index (χ3v) is 4.60. The lowest BCUT2D eigenvalue weighted by Crippen LogP contribution is -2.41. The normalized spacial score (nSPS) is 22.3. The van der Waals surface area contributed by atoms with Crippen LogP contribution in [-0.4, -0.2) is 25.0 Å². The minimum Gasteiger partial charge on any atom is -0.370 e. The molecular weight excluding hydrogens is 286 g/mol. The summed E-state index contributed by atoms with van der Waals surface area (Å²) in [6.45, 7) is 2.52. The van der Waals surface area contributed by atoms with Crippen LogP contribution in [0.3, 0.4) is 0 Å². The predicted molar refractivity (Wildman–Crippen MR) is 85.4 cm³/mol. The molecule has 1 saturated carbocycles. The first-order valence-corrected chi connectivity index (χ1v) is 8.07. The lowest BCUT2D eigenvalue weighted by Gasteiger charge is -2.34. The largest absolute Gasteiger partial charge is 0.370 e. The standard InChI is InChI=1S/C16H22ClN3O/c17-13-3-6-15(12(8-13)9-19-14-4-5-14)20-7-1-2-11(10-20)16(18)21/h3,6,8,11,14,19H,1-2,4-5,7,9-10H2,(H2,18,21). The number of carbonyl (C=O) groups excluding carboxylic acids is 1. The van der Waals surface area contributed by atoms with Crippen molar-refractivity contribution in [3.05, 3.63) is 28.8 Å². The zero-order chi connectivity index (χ0) is 14.8. The third kappa shape index (κ3) is 3.69. The van der Waals surface area contributed by atoms with Crippen molar-refractivity contribution < 1.29 is 4.79 Å². The zero-order valence-electron chi connectivity index (χ0n) is 12.1. The van der Waals surface area contributed by atoms with E-state index < -0.39 is 0 Å². The Balaban J connectivity index is 1.77. The van der Waals surface area contributed by atoms with Crippen molar-refractivity contribution in [2.24, 2.45) is 11.7 Å². The van der Waals surface area contributed by atoms with Crippen molar-refractivity contribution in [1.29, 1.82) is 0 Å². The lowest BCUT2D eigenvalue weighted by molar-refractivity contribution is -0.122. The second kappa shape index (κ2) is 6.24. The van der Waals surface area contributed by atoms with Gasteiger partial charge in [-0.3, -0.25) is 4.79 Å². The van der Waals surface area contributed by atoms with Crippen molar-refractivity contribution in [2.75, 3.05) is 18.0 Å². The van der Waals surface area contributed by atoms with E-state index in [-0.39, 0.29) is 11.8 Å². The van der Waals surface area contributed by atoms with Gasteiger partial charge in [0.15, 0.2) is 0 Å². The van der Waals surface area contributed by atoms with Crippen molar-refractivity contribution in [3.8, 4) is 0 Å². The Hall–Kier alpha value is -1.26. The summed E-state index contributed by atoms with van der Waals surface area (Å²) in [5.41, 5.74) is 7.86. The molecule has 4 nitrogen and oxygen atoms in total. The smallest absolute Gasteiger partial charge is 0.222 e. The number of hydrogen-bond donors (Lipinski definition) is 2. The number of nitrogens with zero attached hydrogens (tertiary/aromatic N) is 1. The number of halogens is 1. The number of carbonyl (C=O) groups is 1. The molecule has 0 spiro atoms. The Morgan fingerprint density at radius 2 is 2.19 bits per heavy atom. The molecule has 1 saturated heterocycles. The highest BCUT2D eigenvalue weighted by molar-refractivity contribution is 6.30. The van der Waals surface area contributed by atoms with Gasteiger partial charge in [-0.15, -0.1) is 0 Å². The van der Waals surface area contributed by atoms with Crippen molar-refractivity contribution in [2.45, 2.75) is 38.3 Å². The summed E-state index contributed by atoms with van der Waals surface area (Å²) in [6, 6.07) is 6.68. The number of primary amides is 1. The maximum absolute atomic E-state index is 11.5. The molecule has 3 rings (SSSR count). The van der Waals surface area contributed by atoms with Gasteiger partial charge in [-0.1, -0.05) is 11.6 Å². The minimum atomic E-state index is -0.189. The molecule has 114 valence electrons. The quantitative estimate of drug-likeness (QED) is 0.877. The van der Waals surface area contributed by atoms with Gasteiger partial charge in [0.05, 0.1) is 5.92 Å². The van der Waals surface area contributed by atoms with Crippen LogP contribution in [-0.2, 0) is 11.3 Å². The van der Waals surface area contributed by atoms with E-state index in [4.69, 9.17) is 17.3 Å². The Morgan fingerprint density at radius 3 is 2.90 bits per heavy atom. The summed E-state index contributed by atoms with van der Waals surface area (Å²) in [4.78, 5) is 13.7. The second-order valence-electron chi connectivity index (χ2n) is 6.12. The molecule has 3 N–H and O–H groups in total. The first kappa shape index (κ1) is 14.7. The van der Waals surface area contributed by atoms with Crippen LogP contribution in [0.5, 0.6) is 0 Å². The van der Waals surface area contributed by atoms with Crippen LogP contribution in [0.1, 0.15) is 31.2 Å². The molecule has 2 aliphatic rings. The van der Waals surface area contributed by atoms with Crippen molar-refractivity contribution in [1.82, 2.24) is 5.32 Å². The van der Waals surface area contributed by atoms with Crippen molar-refractivity contribution in [3.63, 3.8) is 0 Å². The van der Waals surface area contributed by atoms with Crippen molar-refractivity contribution >= 4 is 23.2 Å². The molecule has 2 fully saturated rings. The Bertz CT molecular complexity index is 530. The van der Waals surface area contributed by atoms with Gasteiger partial charge in [0.2, 0.25) is 5.91 Å². The van der Waals surface area contributed by atoms with Gasteiger partial charge >= 0.3 is 0 Å². The van der Waals surface area contributed by atoms with E-state index >= 15 is 0 Å². The topological polar surface area (TPSA) is 58.4 Å². The van der Waals surface area contributed by atoms with Crippen LogP contribution < -0.4 is 16.0 Å². The number of hydrogen-bond acceptors (Lipinski definition) is 3. The van der Waals surface area contributed by atoms with E-state index in [1.807, 2.05) is 12.1 Å². The van der Waals surface area contributed by atoms with Crippen LogP contribution in [0.15, 0.2) is 18.2 Å². The summed E-state index contributed by atoms with van der Waals surface area (Å²) < 4.78 is 0. The second-order valence-corrected chi connectivity index (χ2v) is 6.55. The number of benzene rings is 1. The van der Waals surface area contributed by atoms with E-state index in [9.17, 15) is 4.79 Å². The first-order chi connectivity index (χ1) is 10.1. The molecule has 1 aromatic rings. The Kier molecular flexibility index (Phi) is 4.36. The average molecular weight is 308 g/mol. The molecule has 0 aromatic heterocycles.